The summed E-state index contributed by atoms with van der Waals surface area (Å²) in [4.78, 5) is 9.11. The van der Waals surface area contributed by atoms with Gasteiger partial charge < -0.3 is 15.5 Å². The number of pyridine rings is 1. The summed E-state index contributed by atoms with van der Waals surface area (Å²) in [5, 5.41) is 1.21. The minimum Gasteiger partial charge on any atom is -0.378 e. The molecule has 0 radical (unpaired) electrons. The molecule has 1 aromatic carbocycles. The summed E-state index contributed by atoms with van der Waals surface area (Å²) in [6, 6.07) is 6.45. The fraction of sp³-hybridized carbons (Fsp3) is 0.471. The van der Waals surface area contributed by atoms with E-state index in [4.69, 9.17) is 10.7 Å². The van der Waals surface area contributed by atoms with Crippen LogP contribution in [0, 0.1) is 6.92 Å². The molecule has 114 valence electrons. The predicted octanol–water partition coefficient (Wildman–Crippen LogP) is 2.57. The Labute approximate surface area is 127 Å². The van der Waals surface area contributed by atoms with Crippen LogP contribution >= 0.6 is 0 Å². The van der Waals surface area contributed by atoms with Crippen LogP contribution in [0.5, 0.6) is 0 Å². The molecule has 1 aromatic heterocycles. The third-order valence-corrected chi connectivity index (χ3v) is 3.84. The van der Waals surface area contributed by atoms with Gasteiger partial charge in [-0.25, -0.2) is 0 Å². The average Bonchev–Trinajstić information content (AvgIpc) is 2.43. The molecule has 0 amide bonds. The van der Waals surface area contributed by atoms with Crippen molar-refractivity contribution >= 4 is 22.3 Å². The normalized spacial score (nSPS) is 11.0. The summed E-state index contributed by atoms with van der Waals surface area (Å²) in [6.07, 6.45) is 1.97. The summed E-state index contributed by atoms with van der Waals surface area (Å²) >= 11 is 0. The fourth-order valence-electron chi connectivity index (χ4n) is 2.76. The number of nitrogens with two attached hydrogens (primary N) is 1. The predicted molar refractivity (Wildman–Crippen MR) is 92.5 cm³/mol. The zero-order valence-corrected chi connectivity index (χ0v) is 13.8. The van der Waals surface area contributed by atoms with Gasteiger partial charge in [-0.1, -0.05) is 0 Å². The molecular formula is C17H26N4. The molecular weight excluding hydrogens is 260 g/mol. The Morgan fingerprint density at radius 1 is 1.10 bits per heavy atom. The molecule has 2 N–H and O–H groups in total. The topological polar surface area (TPSA) is 45.4 Å². The highest BCUT2D eigenvalue weighted by atomic mass is 15.1. The molecule has 0 unspecified atom stereocenters. The molecule has 0 aliphatic rings. The van der Waals surface area contributed by atoms with Crippen molar-refractivity contribution in [1.82, 2.24) is 4.98 Å². The fourth-order valence-corrected chi connectivity index (χ4v) is 2.76. The number of hydrogen-bond donors (Lipinski definition) is 1. The van der Waals surface area contributed by atoms with Crippen molar-refractivity contribution in [1.29, 1.82) is 0 Å². The molecule has 0 saturated heterocycles. The van der Waals surface area contributed by atoms with E-state index in [0.717, 1.165) is 24.1 Å². The van der Waals surface area contributed by atoms with E-state index in [1.807, 2.05) is 0 Å². The monoisotopic (exact) mass is 286 g/mol. The van der Waals surface area contributed by atoms with Crippen molar-refractivity contribution in [3.63, 3.8) is 0 Å². The summed E-state index contributed by atoms with van der Waals surface area (Å²) in [5.74, 6) is 0. The first-order valence-electron chi connectivity index (χ1n) is 7.43. The number of nitrogens with zero attached hydrogens (tertiary/aromatic N) is 3. The Morgan fingerprint density at radius 3 is 2.38 bits per heavy atom. The van der Waals surface area contributed by atoms with E-state index >= 15 is 0 Å². The van der Waals surface area contributed by atoms with E-state index in [2.05, 4.69) is 63.1 Å². The number of aryl methyl sites for hydroxylation is 1. The molecule has 0 atom stereocenters. The van der Waals surface area contributed by atoms with Gasteiger partial charge in [0, 0.05) is 45.0 Å². The van der Waals surface area contributed by atoms with Gasteiger partial charge in [0.25, 0.3) is 0 Å². The molecule has 0 aliphatic carbocycles. The van der Waals surface area contributed by atoms with Crippen LogP contribution in [-0.2, 0) is 6.42 Å². The number of fused-ring (bicyclic) bond motifs is 1. The van der Waals surface area contributed by atoms with Crippen LogP contribution in [0.2, 0.25) is 0 Å². The number of anilines is 2. The first kappa shape index (κ1) is 15.6. The summed E-state index contributed by atoms with van der Waals surface area (Å²) in [5.41, 5.74) is 11.6. The van der Waals surface area contributed by atoms with Gasteiger partial charge in [0.2, 0.25) is 0 Å². The Kier molecular flexibility index (Phi) is 4.68. The lowest BCUT2D eigenvalue weighted by molar-refractivity contribution is 0.820. The number of benzene rings is 1. The standard InChI is InChI=1S/C17H26N4/c1-12-14(7-6-10-18)17(21(4)5)15-11-13(20(2)3)8-9-16(15)19-12/h8-9,11H,6-7,10,18H2,1-5H3. The SMILES string of the molecule is Cc1nc2ccc(N(C)C)cc2c(N(C)C)c1CCCN. The van der Waals surface area contributed by atoms with Crippen LogP contribution in [0.25, 0.3) is 10.9 Å². The maximum absolute atomic E-state index is 5.69. The van der Waals surface area contributed by atoms with Gasteiger partial charge >= 0.3 is 0 Å². The molecule has 0 bridgehead atoms. The zero-order valence-electron chi connectivity index (χ0n) is 13.8. The minimum atomic E-state index is 0.710. The van der Waals surface area contributed by atoms with E-state index in [-0.39, 0.29) is 0 Å². The molecule has 0 spiro atoms. The maximum Gasteiger partial charge on any atom is 0.0727 e. The lowest BCUT2D eigenvalue weighted by atomic mass is 10.0. The van der Waals surface area contributed by atoms with Gasteiger partial charge in [-0.05, 0) is 50.1 Å². The zero-order chi connectivity index (χ0) is 15.6. The highest BCUT2D eigenvalue weighted by molar-refractivity contribution is 5.96. The molecule has 1 heterocycles. The quantitative estimate of drug-likeness (QED) is 0.917. The van der Waals surface area contributed by atoms with Crippen LogP contribution in [0.4, 0.5) is 11.4 Å². The number of aromatic nitrogens is 1. The first-order valence-corrected chi connectivity index (χ1v) is 7.43. The van der Waals surface area contributed by atoms with Crippen molar-refractivity contribution < 1.29 is 0 Å². The highest BCUT2D eigenvalue weighted by Crippen LogP contribution is 2.33. The van der Waals surface area contributed by atoms with Gasteiger partial charge in [0.1, 0.15) is 0 Å². The maximum atomic E-state index is 5.69. The van der Waals surface area contributed by atoms with E-state index in [1.54, 1.807) is 0 Å². The van der Waals surface area contributed by atoms with Gasteiger partial charge in [-0.2, -0.15) is 0 Å². The van der Waals surface area contributed by atoms with Crippen molar-refractivity contribution in [3.8, 4) is 0 Å². The molecule has 4 heteroatoms. The minimum absolute atomic E-state index is 0.710. The largest absolute Gasteiger partial charge is 0.378 e. The Hall–Kier alpha value is -1.81. The van der Waals surface area contributed by atoms with Crippen molar-refractivity contribution in [2.24, 2.45) is 5.73 Å². The second-order valence-corrected chi connectivity index (χ2v) is 5.91. The average molecular weight is 286 g/mol. The first-order chi connectivity index (χ1) is 9.95. The molecule has 2 aromatic rings. The molecule has 21 heavy (non-hydrogen) atoms. The molecule has 4 nitrogen and oxygen atoms in total. The lowest BCUT2D eigenvalue weighted by Gasteiger charge is -2.23. The van der Waals surface area contributed by atoms with Crippen LogP contribution in [0.1, 0.15) is 17.7 Å². The highest BCUT2D eigenvalue weighted by Gasteiger charge is 2.14. The van der Waals surface area contributed by atoms with Gasteiger partial charge in [-0.15, -0.1) is 0 Å². The second-order valence-electron chi connectivity index (χ2n) is 5.91. The second kappa shape index (κ2) is 6.31. The summed E-state index contributed by atoms with van der Waals surface area (Å²) in [6.45, 7) is 2.81. The van der Waals surface area contributed by atoms with Gasteiger partial charge in [-0.3, -0.25) is 4.98 Å². The van der Waals surface area contributed by atoms with Crippen LogP contribution in [-0.4, -0.2) is 39.7 Å². The Bertz CT molecular complexity index is 632. The van der Waals surface area contributed by atoms with E-state index in [0.29, 0.717) is 6.54 Å². The summed E-state index contributed by atoms with van der Waals surface area (Å²) in [7, 11) is 8.33. The Balaban J connectivity index is 2.71. The van der Waals surface area contributed by atoms with E-state index in [1.165, 1.54) is 22.3 Å². The molecule has 2 rings (SSSR count). The van der Waals surface area contributed by atoms with Gasteiger partial charge in [0.15, 0.2) is 0 Å². The van der Waals surface area contributed by atoms with Crippen molar-refractivity contribution in [2.75, 3.05) is 44.5 Å². The van der Waals surface area contributed by atoms with Crippen LogP contribution in [0.3, 0.4) is 0 Å². The number of rotatable bonds is 5. The molecule has 0 aliphatic heterocycles. The van der Waals surface area contributed by atoms with E-state index < -0.39 is 0 Å². The van der Waals surface area contributed by atoms with Crippen LogP contribution < -0.4 is 15.5 Å². The van der Waals surface area contributed by atoms with Crippen LogP contribution in [0.15, 0.2) is 18.2 Å². The molecule has 0 fully saturated rings. The number of hydrogen-bond acceptors (Lipinski definition) is 4. The third-order valence-electron chi connectivity index (χ3n) is 3.84. The summed E-state index contributed by atoms with van der Waals surface area (Å²) < 4.78 is 0. The van der Waals surface area contributed by atoms with Gasteiger partial charge in [0.05, 0.1) is 11.2 Å². The smallest absolute Gasteiger partial charge is 0.0727 e. The lowest BCUT2D eigenvalue weighted by Crippen LogP contribution is -2.15. The molecule has 0 saturated carbocycles. The van der Waals surface area contributed by atoms with E-state index in [9.17, 15) is 0 Å². The third kappa shape index (κ3) is 3.10. The van der Waals surface area contributed by atoms with Crippen molar-refractivity contribution in [2.45, 2.75) is 19.8 Å². The Morgan fingerprint density at radius 2 is 1.81 bits per heavy atom. The van der Waals surface area contributed by atoms with Crippen molar-refractivity contribution in [3.05, 3.63) is 29.5 Å².